The van der Waals surface area contributed by atoms with Crippen LogP contribution in [0.3, 0.4) is 0 Å². The van der Waals surface area contributed by atoms with E-state index in [1.54, 1.807) is 0 Å². The first-order valence-corrected chi connectivity index (χ1v) is 7.68. The van der Waals surface area contributed by atoms with Crippen molar-refractivity contribution < 1.29 is 9.64 Å². The van der Waals surface area contributed by atoms with E-state index >= 15 is 0 Å². The first kappa shape index (κ1) is 13.7. The van der Waals surface area contributed by atoms with Crippen molar-refractivity contribution in [3.63, 3.8) is 0 Å². The van der Waals surface area contributed by atoms with Gasteiger partial charge in [-0.1, -0.05) is 11.3 Å². The highest BCUT2D eigenvalue weighted by Gasteiger charge is 2.26. The van der Waals surface area contributed by atoms with Crippen LogP contribution in [0.4, 0.5) is 0 Å². The number of ether oxygens (including phenoxy) is 1. The summed E-state index contributed by atoms with van der Waals surface area (Å²) in [5, 5.41) is 5.35. The second-order valence-corrected chi connectivity index (χ2v) is 6.56. The van der Waals surface area contributed by atoms with E-state index in [9.17, 15) is 4.79 Å². The van der Waals surface area contributed by atoms with E-state index in [2.05, 4.69) is 23.9 Å². The van der Waals surface area contributed by atoms with Crippen LogP contribution in [0, 0.1) is 6.92 Å². The fraction of sp³-hybridized carbons (Fsp3) is 0.615. The van der Waals surface area contributed by atoms with E-state index < -0.39 is 0 Å². The largest absolute Gasteiger partial charge is 0.364 e. The highest BCUT2D eigenvalue weighted by Crippen LogP contribution is 2.10. The average Bonchev–Trinajstić information content (AvgIpc) is 2.70. The molecule has 1 fully saturated rings. The molecule has 0 unspecified atom stereocenters. The van der Waals surface area contributed by atoms with Gasteiger partial charge in [-0.2, -0.15) is 9.61 Å². The third-order valence-electron chi connectivity index (χ3n) is 3.43. The zero-order chi connectivity index (χ0) is 14.3. The number of nitrogens with one attached hydrogen (secondary N) is 1. The van der Waals surface area contributed by atoms with Crippen LogP contribution in [0.5, 0.6) is 0 Å². The van der Waals surface area contributed by atoms with Crippen molar-refractivity contribution in [1.82, 2.24) is 14.6 Å². The zero-order valence-electron chi connectivity index (χ0n) is 11.9. The fourth-order valence-electron chi connectivity index (χ4n) is 2.78. The Hall–Kier alpha value is -1.31. The van der Waals surface area contributed by atoms with Crippen LogP contribution in [0.15, 0.2) is 10.9 Å². The van der Waals surface area contributed by atoms with Gasteiger partial charge in [0.15, 0.2) is 5.01 Å². The van der Waals surface area contributed by atoms with Gasteiger partial charge in [0.2, 0.25) is 4.96 Å². The van der Waals surface area contributed by atoms with Crippen LogP contribution in [-0.4, -0.2) is 39.9 Å². The van der Waals surface area contributed by atoms with Gasteiger partial charge in [-0.3, -0.25) is 4.79 Å². The molecule has 7 heteroatoms. The van der Waals surface area contributed by atoms with Crippen LogP contribution in [-0.2, 0) is 11.3 Å². The zero-order valence-corrected chi connectivity index (χ0v) is 12.7. The number of aromatic nitrogens is 3. The van der Waals surface area contributed by atoms with Crippen molar-refractivity contribution in [3.05, 3.63) is 27.1 Å². The molecule has 0 bridgehead atoms. The molecule has 2 aromatic rings. The number of morpholine rings is 1. The minimum absolute atomic E-state index is 0.103. The number of aryl methyl sites for hydroxylation is 1. The minimum atomic E-state index is -0.103. The van der Waals surface area contributed by atoms with Crippen LogP contribution in [0.25, 0.3) is 4.96 Å². The predicted molar refractivity (Wildman–Crippen MR) is 76.3 cm³/mol. The van der Waals surface area contributed by atoms with Crippen molar-refractivity contribution in [2.75, 3.05) is 13.1 Å². The third-order valence-corrected chi connectivity index (χ3v) is 4.34. The molecule has 1 aliphatic heterocycles. The van der Waals surface area contributed by atoms with Crippen molar-refractivity contribution in [1.29, 1.82) is 0 Å². The van der Waals surface area contributed by atoms with Gasteiger partial charge in [-0.15, -0.1) is 0 Å². The number of quaternary nitrogens is 1. The van der Waals surface area contributed by atoms with Gasteiger partial charge in [0.25, 0.3) is 5.56 Å². The number of hydrogen-bond acceptors (Lipinski definition) is 5. The lowest BCUT2D eigenvalue weighted by Crippen LogP contribution is -3.14. The average molecular weight is 295 g/mol. The SMILES string of the molecule is Cc1cc(=O)n2nc(C[NH+]3C[C@H](C)O[C@@H](C)C3)sc2n1. The summed E-state index contributed by atoms with van der Waals surface area (Å²) in [7, 11) is 0. The molecular formula is C13H19N4O2S+. The molecule has 0 aromatic carbocycles. The first-order valence-electron chi connectivity index (χ1n) is 6.86. The topological polar surface area (TPSA) is 60.9 Å². The summed E-state index contributed by atoms with van der Waals surface area (Å²) in [6.45, 7) is 8.80. The van der Waals surface area contributed by atoms with E-state index in [4.69, 9.17) is 4.74 Å². The number of nitrogens with zero attached hydrogens (tertiary/aromatic N) is 3. The summed E-state index contributed by atoms with van der Waals surface area (Å²) in [4.78, 5) is 18.3. The highest BCUT2D eigenvalue weighted by molar-refractivity contribution is 7.16. The van der Waals surface area contributed by atoms with Gasteiger partial charge in [0.1, 0.15) is 31.8 Å². The minimum Gasteiger partial charge on any atom is -0.364 e. The molecule has 0 spiro atoms. The molecule has 1 aliphatic rings. The van der Waals surface area contributed by atoms with Crippen molar-refractivity contribution >= 4 is 16.3 Å². The normalized spacial score (nSPS) is 27.1. The van der Waals surface area contributed by atoms with E-state index in [0.29, 0.717) is 4.96 Å². The van der Waals surface area contributed by atoms with Crippen molar-refractivity contribution in [2.45, 2.75) is 39.5 Å². The summed E-state index contributed by atoms with van der Waals surface area (Å²) in [6, 6.07) is 1.52. The molecule has 20 heavy (non-hydrogen) atoms. The molecule has 0 aliphatic carbocycles. The van der Waals surface area contributed by atoms with E-state index in [1.807, 2.05) is 6.92 Å². The van der Waals surface area contributed by atoms with Crippen LogP contribution in [0.1, 0.15) is 24.5 Å². The lowest BCUT2D eigenvalue weighted by molar-refractivity contribution is -0.928. The van der Waals surface area contributed by atoms with Gasteiger partial charge in [0, 0.05) is 11.8 Å². The van der Waals surface area contributed by atoms with Gasteiger partial charge in [0.05, 0.1) is 0 Å². The Morgan fingerprint density at radius 3 is 2.85 bits per heavy atom. The molecule has 3 rings (SSSR count). The number of rotatable bonds is 2. The predicted octanol–water partition coefficient (Wildman–Crippen LogP) is -0.348. The quantitative estimate of drug-likeness (QED) is 0.823. The monoisotopic (exact) mass is 295 g/mol. The lowest BCUT2D eigenvalue weighted by Gasteiger charge is -2.31. The summed E-state index contributed by atoms with van der Waals surface area (Å²) >= 11 is 1.50. The van der Waals surface area contributed by atoms with Crippen LogP contribution in [0.2, 0.25) is 0 Å². The van der Waals surface area contributed by atoms with Gasteiger partial charge in [-0.25, -0.2) is 4.98 Å². The molecule has 3 heterocycles. The Morgan fingerprint density at radius 1 is 1.45 bits per heavy atom. The maximum absolute atomic E-state index is 11.8. The molecule has 0 saturated carbocycles. The van der Waals surface area contributed by atoms with Crippen molar-refractivity contribution in [2.24, 2.45) is 0 Å². The summed E-state index contributed by atoms with van der Waals surface area (Å²) < 4.78 is 7.14. The molecule has 0 radical (unpaired) electrons. The lowest BCUT2D eigenvalue weighted by atomic mass is 10.2. The Morgan fingerprint density at radius 2 is 2.15 bits per heavy atom. The summed E-state index contributed by atoms with van der Waals surface area (Å²) in [5.74, 6) is 0. The number of fused-ring (bicyclic) bond motifs is 1. The number of hydrogen-bond donors (Lipinski definition) is 1. The van der Waals surface area contributed by atoms with Gasteiger partial charge < -0.3 is 9.64 Å². The van der Waals surface area contributed by atoms with E-state index in [-0.39, 0.29) is 17.8 Å². The van der Waals surface area contributed by atoms with Gasteiger partial charge >= 0.3 is 0 Å². The Kier molecular flexibility index (Phi) is 3.57. The first-order chi connectivity index (χ1) is 9.51. The Balaban J connectivity index is 1.84. The Labute approximate surface area is 121 Å². The molecule has 2 aromatic heterocycles. The smallest absolute Gasteiger partial charge is 0.275 e. The molecule has 2 atom stereocenters. The molecule has 108 valence electrons. The Bertz CT molecular complexity index is 671. The second kappa shape index (κ2) is 5.23. The molecular weight excluding hydrogens is 276 g/mol. The molecule has 6 nitrogen and oxygen atoms in total. The summed E-state index contributed by atoms with van der Waals surface area (Å²) in [5.41, 5.74) is 0.639. The maximum atomic E-state index is 11.8. The highest BCUT2D eigenvalue weighted by atomic mass is 32.1. The van der Waals surface area contributed by atoms with Gasteiger partial charge in [-0.05, 0) is 20.8 Å². The standard InChI is InChI=1S/C13H18N4O2S/c1-8-4-12(18)17-13(14-8)20-11(15-17)7-16-5-9(2)19-10(3)6-16/h4,9-10H,5-7H2,1-3H3/p+1/t9-,10-/m0/s1. The molecule has 1 saturated heterocycles. The third kappa shape index (κ3) is 2.74. The maximum Gasteiger partial charge on any atom is 0.275 e. The van der Waals surface area contributed by atoms with E-state index in [0.717, 1.165) is 30.3 Å². The second-order valence-electron chi connectivity index (χ2n) is 5.52. The van der Waals surface area contributed by atoms with Crippen LogP contribution < -0.4 is 10.5 Å². The molecule has 0 amide bonds. The van der Waals surface area contributed by atoms with E-state index in [1.165, 1.54) is 26.8 Å². The summed E-state index contributed by atoms with van der Waals surface area (Å²) in [6.07, 6.45) is 0.539. The molecule has 1 N–H and O–H groups in total. The van der Waals surface area contributed by atoms with Crippen molar-refractivity contribution in [3.8, 4) is 0 Å². The van der Waals surface area contributed by atoms with Crippen LogP contribution >= 0.6 is 11.3 Å². The fourth-order valence-corrected chi connectivity index (χ4v) is 3.80.